The largest absolute Gasteiger partial charge is 0.384 e. The molecule has 4 heteroatoms. The second kappa shape index (κ2) is 5.13. The molecule has 1 heterocycles. The lowest BCUT2D eigenvalue weighted by Crippen LogP contribution is -2.51. The van der Waals surface area contributed by atoms with Crippen LogP contribution in [0.5, 0.6) is 0 Å². The van der Waals surface area contributed by atoms with Crippen LogP contribution in [0, 0.1) is 12.3 Å². The monoisotopic (exact) mass is 261 g/mol. The fourth-order valence-electron chi connectivity index (χ4n) is 2.91. The van der Waals surface area contributed by atoms with Gasteiger partial charge in [-0.15, -0.1) is 0 Å². The predicted octanol–water partition coefficient (Wildman–Crippen LogP) is 1.78. The zero-order valence-electron chi connectivity index (χ0n) is 11.5. The van der Waals surface area contributed by atoms with Crippen LogP contribution >= 0.6 is 0 Å². The molecule has 4 nitrogen and oxygen atoms in total. The summed E-state index contributed by atoms with van der Waals surface area (Å²) in [6.45, 7) is 4.30. The van der Waals surface area contributed by atoms with Gasteiger partial charge in [-0.05, 0) is 12.5 Å². The van der Waals surface area contributed by atoms with Crippen molar-refractivity contribution in [1.82, 2.24) is 5.32 Å². The van der Waals surface area contributed by atoms with E-state index in [1.165, 1.54) is 0 Å². The number of rotatable bonds is 3. The summed E-state index contributed by atoms with van der Waals surface area (Å²) < 4.78 is 5.23. The van der Waals surface area contributed by atoms with Crippen LogP contribution in [-0.4, -0.2) is 25.5 Å². The number of imide groups is 1. The summed E-state index contributed by atoms with van der Waals surface area (Å²) in [6, 6.07) is 7.85. The molecule has 0 bridgehead atoms. The van der Waals surface area contributed by atoms with Gasteiger partial charge in [0.25, 0.3) is 0 Å². The second-order valence-electron chi connectivity index (χ2n) is 5.52. The molecule has 1 aromatic rings. The first-order valence-electron chi connectivity index (χ1n) is 6.35. The SMILES string of the molecule is COCC1(C)CC(=O)NC(=O)C1c1cccc(C)c1. The molecular formula is C15H19NO3. The van der Waals surface area contributed by atoms with Crippen molar-refractivity contribution in [1.29, 1.82) is 0 Å². The topological polar surface area (TPSA) is 55.4 Å². The van der Waals surface area contributed by atoms with Gasteiger partial charge in [-0.2, -0.15) is 0 Å². The highest BCUT2D eigenvalue weighted by Gasteiger charge is 2.46. The minimum Gasteiger partial charge on any atom is -0.384 e. The molecule has 1 saturated heterocycles. The van der Waals surface area contributed by atoms with Crippen LogP contribution in [0.25, 0.3) is 0 Å². The van der Waals surface area contributed by atoms with Crippen LogP contribution in [-0.2, 0) is 14.3 Å². The van der Waals surface area contributed by atoms with Crippen molar-refractivity contribution in [3.63, 3.8) is 0 Å². The van der Waals surface area contributed by atoms with E-state index < -0.39 is 5.41 Å². The Morgan fingerprint density at radius 2 is 2.16 bits per heavy atom. The van der Waals surface area contributed by atoms with E-state index in [0.29, 0.717) is 13.0 Å². The molecule has 1 aromatic carbocycles. The quantitative estimate of drug-likeness (QED) is 0.844. The van der Waals surface area contributed by atoms with Crippen molar-refractivity contribution in [2.45, 2.75) is 26.2 Å². The average molecular weight is 261 g/mol. The molecular weight excluding hydrogens is 242 g/mol. The third kappa shape index (κ3) is 2.68. The summed E-state index contributed by atoms with van der Waals surface area (Å²) in [7, 11) is 1.59. The van der Waals surface area contributed by atoms with E-state index in [-0.39, 0.29) is 17.7 Å². The van der Waals surface area contributed by atoms with Crippen LogP contribution in [0.4, 0.5) is 0 Å². The summed E-state index contributed by atoms with van der Waals surface area (Å²) in [4.78, 5) is 23.8. The van der Waals surface area contributed by atoms with E-state index in [0.717, 1.165) is 11.1 Å². The zero-order valence-corrected chi connectivity index (χ0v) is 11.5. The number of hydrogen-bond acceptors (Lipinski definition) is 3. The second-order valence-corrected chi connectivity index (χ2v) is 5.52. The van der Waals surface area contributed by atoms with Gasteiger partial charge in [0.05, 0.1) is 12.5 Å². The standard InChI is InChI=1S/C15H19NO3/c1-10-5-4-6-11(7-10)13-14(18)16-12(17)8-15(13,2)9-19-3/h4-7,13H,8-9H2,1-3H3,(H,16,17,18). The third-order valence-electron chi connectivity index (χ3n) is 3.64. The highest BCUT2D eigenvalue weighted by atomic mass is 16.5. The first kappa shape index (κ1) is 13.7. The number of nitrogens with one attached hydrogen (secondary N) is 1. The summed E-state index contributed by atoms with van der Waals surface area (Å²) in [6.07, 6.45) is 0.297. The number of piperidine rings is 1. The Hall–Kier alpha value is -1.68. The number of carbonyl (C=O) groups excluding carboxylic acids is 2. The normalized spacial score (nSPS) is 27.2. The maximum Gasteiger partial charge on any atom is 0.234 e. The first-order chi connectivity index (χ1) is 8.96. The molecule has 0 aromatic heterocycles. The molecule has 2 rings (SSSR count). The molecule has 1 N–H and O–H groups in total. The zero-order chi connectivity index (χ0) is 14.0. The van der Waals surface area contributed by atoms with Gasteiger partial charge < -0.3 is 4.74 Å². The molecule has 2 atom stereocenters. The molecule has 1 aliphatic heterocycles. The van der Waals surface area contributed by atoms with Crippen molar-refractivity contribution >= 4 is 11.8 Å². The minimum absolute atomic E-state index is 0.228. The summed E-state index contributed by atoms with van der Waals surface area (Å²) >= 11 is 0. The fourth-order valence-corrected chi connectivity index (χ4v) is 2.91. The van der Waals surface area contributed by atoms with E-state index in [2.05, 4.69) is 5.32 Å². The van der Waals surface area contributed by atoms with Gasteiger partial charge in [-0.3, -0.25) is 14.9 Å². The van der Waals surface area contributed by atoms with Gasteiger partial charge in [0, 0.05) is 18.9 Å². The number of methoxy groups -OCH3 is 1. The predicted molar refractivity (Wildman–Crippen MR) is 71.7 cm³/mol. The number of ether oxygens (including phenoxy) is 1. The third-order valence-corrected chi connectivity index (χ3v) is 3.64. The van der Waals surface area contributed by atoms with Crippen molar-refractivity contribution < 1.29 is 14.3 Å². The molecule has 1 fully saturated rings. The lowest BCUT2D eigenvalue weighted by Gasteiger charge is -2.39. The molecule has 0 spiro atoms. The lowest BCUT2D eigenvalue weighted by atomic mass is 9.69. The molecule has 19 heavy (non-hydrogen) atoms. The highest BCUT2D eigenvalue weighted by molar-refractivity contribution is 6.02. The Bertz CT molecular complexity index is 512. The van der Waals surface area contributed by atoms with Gasteiger partial charge in [0.15, 0.2) is 0 Å². The van der Waals surface area contributed by atoms with Crippen molar-refractivity contribution in [3.8, 4) is 0 Å². The Balaban J connectivity index is 2.43. The summed E-state index contributed by atoms with van der Waals surface area (Å²) in [5.74, 6) is -0.820. The van der Waals surface area contributed by atoms with Gasteiger partial charge in [0.1, 0.15) is 0 Å². The molecule has 0 saturated carbocycles. The first-order valence-corrected chi connectivity index (χ1v) is 6.35. The number of benzene rings is 1. The Labute approximate surface area is 113 Å². The highest BCUT2D eigenvalue weighted by Crippen LogP contribution is 2.41. The van der Waals surface area contributed by atoms with E-state index in [1.807, 2.05) is 38.1 Å². The number of aryl methyl sites for hydroxylation is 1. The molecule has 2 unspecified atom stereocenters. The fraction of sp³-hybridized carbons (Fsp3) is 0.467. The van der Waals surface area contributed by atoms with Crippen LogP contribution in [0.3, 0.4) is 0 Å². The smallest absolute Gasteiger partial charge is 0.234 e. The van der Waals surface area contributed by atoms with Crippen LogP contribution < -0.4 is 5.32 Å². The number of hydrogen-bond donors (Lipinski definition) is 1. The maximum absolute atomic E-state index is 12.2. The van der Waals surface area contributed by atoms with Crippen LogP contribution in [0.1, 0.15) is 30.4 Å². The van der Waals surface area contributed by atoms with E-state index in [1.54, 1.807) is 7.11 Å². The maximum atomic E-state index is 12.2. The van der Waals surface area contributed by atoms with E-state index in [4.69, 9.17) is 4.74 Å². The van der Waals surface area contributed by atoms with Gasteiger partial charge in [-0.1, -0.05) is 36.8 Å². The van der Waals surface area contributed by atoms with Crippen LogP contribution in [0.15, 0.2) is 24.3 Å². The van der Waals surface area contributed by atoms with Gasteiger partial charge in [0.2, 0.25) is 11.8 Å². The van der Waals surface area contributed by atoms with E-state index in [9.17, 15) is 9.59 Å². The number of amides is 2. The Kier molecular flexibility index (Phi) is 3.71. The molecule has 102 valence electrons. The Morgan fingerprint density at radius 3 is 2.79 bits per heavy atom. The molecule has 2 amide bonds. The van der Waals surface area contributed by atoms with Crippen LogP contribution in [0.2, 0.25) is 0 Å². The van der Waals surface area contributed by atoms with Crippen molar-refractivity contribution in [2.24, 2.45) is 5.41 Å². The lowest BCUT2D eigenvalue weighted by molar-refractivity contribution is -0.141. The van der Waals surface area contributed by atoms with Crippen molar-refractivity contribution in [2.75, 3.05) is 13.7 Å². The van der Waals surface area contributed by atoms with Gasteiger partial charge in [-0.25, -0.2) is 0 Å². The average Bonchev–Trinajstić information content (AvgIpc) is 2.27. The van der Waals surface area contributed by atoms with E-state index >= 15 is 0 Å². The minimum atomic E-state index is -0.498. The summed E-state index contributed by atoms with van der Waals surface area (Å²) in [5, 5.41) is 2.43. The van der Waals surface area contributed by atoms with Gasteiger partial charge >= 0.3 is 0 Å². The molecule has 0 radical (unpaired) electrons. The molecule has 0 aliphatic carbocycles. The summed E-state index contributed by atoms with van der Waals surface area (Å²) in [5.41, 5.74) is 1.54. The molecule has 1 aliphatic rings. The number of carbonyl (C=O) groups is 2. The van der Waals surface area contributed by atoms with Crippen molar-refractivity contribution in [3.05, 3.63) is 35.4 Å². The Morgan fingerprint density at radius 1 is 1.42 bits per heavy atom.